The van der Waals surface area contributed by atoms with E-state index in [1.54, 1.807) is 5.57 Å². The van der Waals surface area contributed by atoms with Crippen LogP contribution in [-0.2, 0) is 13.0 Å². The fourth-order valence-electron chi connectivity index (χ4n) is 4.02. The van der Waals surface area contributed by atoms with Crippen LogP contribution in [0.3, 0.4) is 0 Å². The van der Waals surface area contributed by atoms with Crippen molar-refractivity contribution in [2.24, 2.45) is 0 Å². The van der Waals surface area contributed by atoms with E-state index in [9.17, 15) is 0 Å². The van der Waals surface area contributed by atoms with Crippen LogP contribution < -0.4 is 10.9 Å². The summed E-state index contributed by atoms with van der Waals surface area (Å²) in [4.78, 5) is 5.10. The lowest BCUT2D eigenvalue weighted by molar-refractivity contribution is 0.180. The number of hydrazine groups is 1. The Kier molecular flexibility index (Phi) is 6.73. The molecule has 2 aliphatic heterocycles. The Morgan fingerprint density at radius 2 is 1.96 bits per heavy atom. The number of rotatable bonds is 8. The van der Waals surface area contributed by atoms with Crippen LogP contribution in [0.4, 0.5) is 0 Å². The zero-order valence-electron chi connectivity index (χ0n) is 16.9. The molecule has 0 fully saturated rings. The number of fused-ring (bicyclic) bond motifs is 1. The maximum absolute atomic E-state index is 4.18. The summed E-state index contributed by atoms with van der Waals surface area (Å²) in [6, 6.07) is 1.12. The summed E-state index contributed by atoms with van der Waals surface area (Å²) in [6.07, 6.45) is 6.60. The number of aromatic amines is 1. The van der Waals surface area contributed by atoms with Crippen LogP contribution in [0.15, 0.2) is 17.5 Å². The highest BCUT2D eigenvalue weighted by Gasteiger charge is 2.23. The molecule has 1 aromatic heterocycles. The summed E-state index contributed by atoms with van der Waals surface area (Å²) in [5.74, 6) is 0. The topological polar surface area (TPSA) is 59.2 Å². The average Bonchev–Trinajstić information content (AvgIpc) is 3.10. The number of H-pyrrole nitrogens is 1. The van der Waals surface area contributed by atoms with Gasteiger partial charge < -0.3 is 5.43 Å². The maximum Gasteiger partial charge on any atom is 0.0524 e. The van der Waals surface area contributed by atoms with Gasteiger partial charge in [0.15, 0.2) is 0 Å². The minimum Gasteiger partial charge on any atom is -0.326 e. The SMILES string of the molecule is CCCC1=C(NNCC(C)N2CCc3cn[nH]c3C2)CCN(C(C)C)C1. The molecule has 0 saturated carbocycles. The van der Waals surface area contributed by atoms with Crippen molar-refractivity contribution in [1.82, 2.24) is 30.8 Å². The van der Waals surface area contributed by atoms with Crippen molar-refractivity contribution in [3.8, 4) is 0 Å². The van der Waals surface area contributed by atoms with Gasteiger partial charge in [-0.05, 0) is 44.7 Å². The standard InChI is InChI=1S/C20H36N6/c1-5-6-18-13-25(15(2)3)10-8-19(18)23-21-11-16(4)26-9-7-17-12-22-24-20(17)14-26/h12,15-16,21,23H,5-11,13-14H2,1-4H3,(H,22,24). The van der Waals surface area contributed by atoms with Gasteiger partial charge in [0.2, 0.25) is 0 Å². The summed E-state index contributed by atoms with van der Waals surface area (Å²) in [5, 5.41) is 7.32. The molecule has 0 spiro atoms. The van der Waals surface area contributed by atoms with Gasteiger partial charge in [-0.2, -0.15) is 5.10 Å². The number of nitrogens with zero attached hydrogens (tertiary/aromatic N) is 3. The molecular weight excluding hydrogens is 324 g/mol. The second kappa shape index (κ2) is 9.02. The first-order valence-electron chi connectivity index (χ1n) is 10.3. The predicted octanol–water partition coefficient (Wildman–Crippen LogP) is 2.42. The lowest BCUT2D eigenvalue weighted by Crippen LogP contribution is -2.47. The van der Waals surface area contributed by atoms with Crippen LogP contribution in [0.2, 0.25) is 0 Å². The molecule has 26 heavy (non-hydrogen) atoms. The van der Waals surface area contributed by atoms with Gasteiger partial charge in [-0.25, -0.2) is 5.43 Å². The second-order valence-corrected chi connectivity index (χ2v) is 8.10. The number of hydrogen-bond acceptors (Lipinski definition) is 5. The van der Waals surface area contributed by atoms with Gasteiger partial charge in [0, 0.05) is 56.9 Å². The van der Waals surface area contributed by atoms with E-state index in [0.717, 1.165) is 45.6 Å². The Labute approximate surface area is 158 Å². The molecule has 2 aliphatic rings. The van der Waals surface area contributed by atoms with Gasteiger partial charge in [0.1, 0.15) is 0 Å². The van der Waals surface area contributed by atoms with Crippen LogP contribution in [0.5, 0.6) is 0 Å². The maximum atomic E-state index is 4.18. The Hall–Kier alpha value is -1.37. The third-order valence-corrected chi connectivity index (χ3v) is 5.85. The molecule has 0 saturated heterocycles. The van der Waals surface area contributed by atoms with Crippen molar-refractivity contribution in [1.29, 1.82) is 0 Å². The quantitative estimate of drug-likeness (QED) is 0.622. The van der Waals surface area contributed by atoms with Crippen molar-refractivity contribution in [3.63, 3.8) is 0 Å². The smallest absolute Gasteiger partial charge is 0.0524 e. The summed E-state index contributed by atoms with van der Waals surface area (Å²) in [6.45, 7) is 14.5. The first-order chi connectivity index (χ1) is 12.6. The molecule has 1 aromatic rings. The largest absolute Gasteiger partial charge is 0.326 e. The monoisotopic (exact) mass is 360 g/mol. The summed E-state index contributed by atoms with van der Waals surface area (Å²) < 4.78 is 0. The van der Waals surface area contributed by atoms with E-state index >= 15 is 0 Å². The highest BCUT2D eigenvalue weighted by atomic mass is 15.4. The normalized spacial score (nSPS) is 20.5. The molecule has 3 rings (SSSR count). The third kappa shape index (κ3) is 4.67. The van der Waals surface area contributed by atoms with E-state index < -0.39 is 0 Å². The first-order valence-corrected chi connectivity index (χ1v) is 10.3. The molecule has 1 unspecified atom stereocenters. The summed E-state index contributed by atoms with van der Waals surface area (Å²) in [5.41, 5.74) is 12.7. The van der Waals surface area contributed by atoms with Gasteiger partial charge >= 0.3 is 0 Å². The number of nitrogens with one attached hydrogen (secondary N) is 3. The molecule has 0 amide bonds. The van der Waals surface area contributed by atoms with Gasteiger partial charge in [0.25, 0.3) is 0 Å². The Balaban J connectivity index is 1.49. The van der Waals surface area contributed by atoms with Crippen LogP contribution in [0.1, 0.15) is 58.2 Å². The van der Waals surface area contributed by atoms with Crippen LogP contribution in [0, 0.1) is 0 Å². The molecule has 0 bridgehead atoms. The minimum absolute atomic E-state index is 0.491. The van der Waals surface area contributed by atoms with Crippen molar-refractivity contribution in [2.45, 2.75) is 72.0 Å². The molecule has 146 valence electrons. The van der Waals surface area contributed by atoms with E-state index in [-0.39, 0.29) is 0 Å². The molecule has 0 aliphatic carbocycles. The average molecular weight is 361 g/mol. The van der Waals surface area contributed by atoms with Crippen molar-refractivity contribution in [3.05, 3.63) is 28.7 Å². The molecule has 3 heterocycles. The van der Waals surface area contributed by atoms with Crippen molar-refractivity contribution >= 4 is 0 Å². The lowest BCUT2D eigenvalue weighted by atomic mass is 10.0. The van der Waals surface area contributed by atoms with Gasteiger partial charge in [-0.3, -0.25) is 14.9 Å². The van der Waals surface area contributed by atoms with Crippen LogP contribution in [0.25, 0.3) is 0 Å². The molecule has 0 aromatic carbocycles. The van der Waals surface area contributed by atoms with E-state index in [4.69, 9.17) is 0 Å². The zero-order chi connectivity index (χ0) is 18.5. The molecule has 3 N–H and O–H groups in total. The van der Waals surface area contributed by atoms with Gasteiger partial charge in [0.05, 0.1) is 11.9 Å². The highest BCUT2D eigenvalue weighted by Crippen LogP contribution is 2.21. The Morgan fingerprint density at radius 1 is 1.15 bits per heavy atom. The van der Waals surface area contributed by atoms with Crippen molar-refractivity contribution in [2.75, 3.05) is 26.2 Å². The lowest BCUT2D eigenvalue weighted by Gasteiger charge is -2.35. The Bertz CT molecular complexity index is 605. The molecule has 0 radical (unpaired) electrons. The summed E-state index contributed by atoms with van der Waals surface area (Å²) >= 11 is 0. The highest BCUT2D eigenvalue weighted by molar-refractivity contribution is 5.19. The molecule has 6 nitrogen and oxygen atoms in total. The van der Waals surface area contributed by atoms with E-state index in [2.05, 4.69) is 58.5 Å². The molecule has 6 heteroatoms. The Morgan fingerprint density at radius 3 is 2.73 bits per heavy atom. The fourth-order valence-corrected chi connectivity index (χ4v) is 4.02. The fraction of sp³-hybridized carbons (Fsp3) is 0.750. The second-order valence-electron chi connectivity index (χ2n) is 8.10. The van der Waals surface area contributed by atoms with Crippen molar-refractivity contribution < 1.29 is 0 Å². The van der Waals surface area contributed by atoms with Gasteiger partial charge in [-0.15, -0.1) is 0 Å². The number of hydrogen-bond donors (Lipinski definition) is 3. The van der Waals surface area contributed by atoms with E-state index in [1.807, 2.05) is 6.20 Å². The van der Waals surface area contributed by atoms with E-state index in [1.165, 1.54) is 29.8 Å². The minimum atomic E-state index is 0.491. The van der Waals surface area contributed by atoms with Gasteiger partial charge in [-0.1, -0.05) is 13.3 Å². The first kappa shape index (κ1) is 19.4. The zero-order valence-corrected chi connectivity index (χ0v) is 16.9. The summed E-state index contributed by atoms with van der Waals surface area (Å²) in [7, 11) is 0. The predicted molar refractivity (Wildman–Crippen MR) is 107 cm³/mol. The van der Waals surface area contributed by atoms with E-state index in [0.29, 0.717) is 12.1 Å². The van der Waals surface area contributed by atoms with Crippen LogP contribution >= 0.6 is 0 Å². The molecule has 1 atom stereocenters. The third-order valence-electron chi connectivity index (χ3n) is 5.85. The van der Waals surface area contributed by atoms with Crippen LogP contribution in [-0.4, -0.2) is 58.3 Å². The molecular formula is C20H36N6. The number of aromatic nitrogens is 2.